The number of esters is 1. The van der Waals surface area contributed by atoms with Gasteiger partial charge in [0.25, 0.3) is 5.91 Å². The summed E-state index contributed by atoms with van der Waals surface area (Å²) in [6.07, 6.45) is 0.223. The van der Waals surface area contributed by atoms with Crippen molar-refractivity contribution in [1.82, 2.24) is 10.2 Å². The Balaban J connectivity index is 1.66. The van der Waals surface area contributed by atoms with E-state index in [-0.39, 0.29) is 37.5 Å². The number of hydrogen-bond acceptors (Lipinski definition) is 6. The highest BCUT2D eigenvalue weighted by atomic mass is 16.5. The number of piperazine rings is 1. The van der Waals surface area contributed by atoms with Crippen LogP contribution in [0.2, 0.25) is 0 Å². The lowest BCUT2D eigenvalue weighted by Crippen LogP contribution is -2.58. The van der Waals surface area contributed by atoms with E-state index in [1.165, 1.54) is 4.90 Å². The van der Waals surface area contributed by atoms with E-state index in [0.29, 0.717) is 30.9 Å². The second kappa shape index (κ2) is 11.9. The smallest absolute Gasteiger partial charge is 0.308 e. The number of amides is 2. The van der Waals surface area contributed by atoms with Gasteiger partial charge < -0.3 is 24.4 Å². The second-order valence-electron chi connectivity index (χ2n) is 7.72. The fourth-order valence-electron chi connectivity index (χ4n) is 3.43. The van der Waals surface area contributed by atoms with Gasteiger partial charge in [-0.1, -0.05) is 37.3 Å². The molecule has 2 aromatic rings. The molecule has 1 saturated heterocycles. The summed E-state index contributed by atoms with van der Waals surface area (Å²) >= 11 is 0. The Morgan fingerprint density at radius 2 is 1.76 bits per heavy atom. The van der Waals surface area contributed by atoms with E-state index in [0.717, 1.165) is 5.75 Å². The Bertz CT molecular complexity index is 949. The van der Waals surface area contributed by atoms with Crippen molar-refractivity contribution in [2.45, 2.75) is 38.8 Å². The standard InChI is InChI=1S/C25H30N2O6/c1-3-18(2)33-23(28)17-21-24(29)26-13-14-27(21)25(30)20-11-7-8-12-22(20)32-16-15-31-19-9-5-4-6-10-19/h4-12,18,21H,3,13-17H2,1-2H3,(H,26,29). The number of nitrogens with zero attached hydrogens (tertiary/aromatic N) is 1. The molecule has 1 aliphatic rings. The van der Waals surface area contributed by atoms with Crippen LogP contribution in [0.25, 0.3) is 0 Å². The minimum atomic E-state index is -0.933. The lowest BCUT2D eigenvalue weighted by Gasteiger charge is -2.35. The Labute approximate surface area is 193 Å². The molecular weight excluding hydrogens is 424 g/mol. The first kappa shape index (κ1) is 24.1. The van der Waals surface area contributed by atoms with E-state index >= 15 is 0 Å². The van der Waals surface area contributed by atoms with Crippen LogP contribution in [0.1, 0.15) is 37.0 Å². The maximum atomic E-state index is 13.4. The Kier molecular flexibility index (Phi) is 8.69. The number of para-hydroxylation sites is 2. The zero-order chi connectivity index (χ0) is 23.6. The molecule has 0 bridgehead atoms. The van der Waals surface area contributed by atoms with Crippen LogP contribution in [0.5, 0.6) is 11.5 Å². The first-order valence-electron chi connectivity index (χ1n) is 11.2. The summed E-state index contributed by atoms with van der Waals surface area (Å²) in [6.45, 7) is 4.85. The van der Waals surface area contributed by atoms with Crippen molar-refractivity contribution in [1.29, 1.82) is 0 Å². The van der Waals surface area contributed by atoms with E-state index in [2.05, 4.69) is 5.32 Å². The second-order valence-corrected chi connectivity index (χ2v) is 7.72. The minimum absolute atomic E-state index is 0.199. The molecule has 2 aromatic carbocycles. The van der Waals surface area contributed by atoms with Crippen LogP contribution in [0.15, 0.2) is 54.6 Å². The van der Waals surface area contributed by atoms with Gasteiger partial charge in [-0.2, -0.15) is 0 Å². The topological polar surface area (TPSA) is 94.2 Å². The number of ether oxygens (including phenoxy) is 3. The van der Waals surface area contributed by atoms with Gasteiger partial charge in [0.05, 0.1) is 18.1 Å². The fourth-order valence-corrected chi connectivity index (χ4v) is 3.43. The molecule has 0 saturated carbocycles. The summed E-state index contributed by atoms with van der Waals surface area (Å²) in [5.74, 6) is -0.120. The molecule has 1 N–H and O–H groups in total. The number of nitrogens with one attached hydrogen (secondary N) is 1. The third kappa shape index (κ3) is 6.71. The van der Waals surface area contributed by atoms with Crippen molar-refractivity contribution in [3.63, 3.8) is 0 Å². The summed E-state index contributed by atoms with van der Waals surface area (Å²) in [5, 5.41) is 2.72. The summed E-state index contributed by atoms with van der Waals surface area (Å²) in [6, 6.07) is 15.3. The van der Waals surface area contributed by atoms with Gasteiger partial charge in [-0.3, -0.25) is 14.4 Å². The SMILES string of the molecule is CCC(C)OC(=O)CC1C(=O)NCCN1C(=O)c1ccccc1OCCOc1ccccc1. The van der Waals surface area contributed by atoms with Gasteiger partial charge >= 0.3 is 5.97 Å². The van der Waals surface area contributed by atoms with Crippen molar-refractivity contribution in [3.8, 4) is 11.5 Å². The Morgan fingerprint density at radius 1 is 1.06 bits per heavy atom. The molecule has 2 atom stereocenters. The van der Waals surface area contributed by atoms with E-state index in [4.69, 9.17) is 14.2 Å². The predicted molar refractivity (Wildman–Crippen MR) is 122 cm³/mol. The summed E-state index contributed by atoms with van der Waals surface area (Å²) in [7, 11) is 0. The highest BCUT2D eigenvalue weighted by Crippen LogP contribution is 2.23. The number of carbonyl (C=O) groups is 3. The minimum Gasteiger partial charge on any atom is -0.490 e. The molecule has 33 heavy (non-hydrogen) atoms. The van der Waals surface area contributed by atoms with Crippen LogP contribution < -0.4 is 14.8 Å². The van der Waals surface area contributed by atoms with Crippen LogP contribution in [0, 0.1) is 0 Å². The molecule has 0 spiro atoms. The average molecular weight is 455 g/mol. The summed E-state index contributed by atoms with van der Waals surface area (Å²) in [4.78, 5) is 39.6. The predicted octanol–water partition coefficient (Wildman–Crippen LogP) is 2.82. The largest absolute Gasteiger partial charge is 0.490 e. The average Bonchev–Trinajstić information content (AvgIpc) is 2.83. The Hall–Kier alpha value is -3.55. The van der Waals surface area contributed by atoms with Gasteiger partial charge in [-0.25, -0.2) is 0 Å². The molecule has 176 valence electrons. The van der Waals surface area contributed by atoms with Crippen LogP contribution in [-0.2, 0) is 14.3 Å². The zero-order valence-corrected chi connectivity index (χ0v) is 19.0. The monoisotopic (exact) mass is 454 g/mol. The van der Waals surface area contributed by atoms with Gasteiger partial charge in [0, 0.05) is 13.1 Å². The molecule has 3 rings (SSSR count). The number of benzene rings is 2. The molecule has 8 nitrogen and oxygen atoms in total. The first-order chi connectivity index (χ1) is 16.0. The van der Waals surface area contributed by atoms with E-state index < -0.39 is 12.0 Å². The van der Waals surface area contributed by atoms with Crippen molar-refractivity contribution < 1.29 is 28.6 Å². The van der Waals surface area contributed by atoms with Crippen molar-refractivity contribution in [2.75, 3.05) is 26.3 Å². The van der Waals surface area contributed by atoms with E-state index in [9.17, 15) is 14.4 Å². The maximum Gasteiger partial charge on any atom is 0.308 e. The van der Waals surface area contributed by atoms with Gasteiger partial charge in [0.1, 0.15) is 30.8 Å². The van der Waals surface area contributed by atoms with E-state index in [1.807, 2.05) is 37.3 Å². The zero-order valence-electron chi connectivity index (χ0n) is 19.0. The molecule has 2 unspecified atom stereocenters. The molecule has 0 aliphatic carbocycles. The molecule has 1 fully saturated rings. The normalized spacial score (nSPS) is 16.5. The maximum absolute atomic E-state index is 13.4. The fraction of sp³-hybridized carbons (Fsp3) is 0.400. The van der Waals surface area contributed by atoms with Gasteiger partial charge in [-0.15, -0.1) is 0 Å². The summed E-state index contributed by atoms with van der Waals surface area (Å²) < 4.78 is 16.8. The third-order valence-corrected chi connectivity index (χ3v) is 5.33. The molecular formula is C25H30N2O6. The molecule has 0 radical (unpaired) electrons. The van der Waals surface area contributed by atoms with Crippen molar-refractivity contribution >= 4 is 17.8 Å². The molecule has 0 aromatic heterocycles. The highest BCUT2D eigenvalue weighted by Gasteiger charge is 2.36. The number of hydrogen-bond donors (Lipinski definition) is 1. The van der Waals surface area contributed by atoms with Gasteiger partial charge in [-0.05, 0) is 37.6 Å². The lowest BCUT2D eigenvalue weighted by atomic mass is 10.1. The molecule has 8 heteroatoms. The summed E-state index contributed by atoms with van der Waals surface area (Å²) in [5.41, 5.74) is 0.326. The first-order valence-corrected chi connectivity index (χ1v) is 11.2. The van der Waals surface area contributed by atoms with Crippen molar-refractivity contribution in [2.24, 2.45) is 0 Å². The quantitative estimate of drug-likeness (QED) is 0.438. The molecule has 1 heterocycles. The van der Waals surface area contributed by atoms with Crippen LogP contribution in [-0.4, -0.2) is 61.1 Å². The van der Waals surface area contributed by atoms with Gasteiger partial charge in [0.2, 0.25) is 5.91 Å². The van der Waals surface area contributed by atoms with Crippen LogP contribution in [0.4, 0.5) is 0 Å². The Morgan fingerprint density at radius 3 is 2.52 bits per heavy atom. The third-order valence-electron chi connectivity index (χ3n) is 5.33. The van der Waals surface area contributed by atoms with Crippen LogP contribution >= 0.6 is 0 Å². The number of carbonyl (C=O) groups excluding carboxylic acids is 3. The van der Waals surface area contributed by atoms with Gasteiger partial charge in [0.15, 0.2) is 0 Å². The number of rotatable bonds is 10. The molecule has 2 amide bonds. The van der Waals surface area contributed by atoms with E-state index in [1.54, 1.807) is 31.2 Å². The van der Waals surface area contributed by atoms with Crippen molar-refractivity contribution in [3.05, 3.63) is 60.2 Å². The molecule has 1 aliphatic heterocycles. The lowest BCUT2D eigenvalue weighted by molar-refractivity contribution is -0.151. The highest BCUT2D eigenvalue weighted by molar-refractivity contribution is 6.01. The van der Waals surface area contributed by atoms with Crippen LogP contribution in [0.3, 0.4) is 0 Å².